The average molecular weight is 253 g/mol. The lowest BCUT2D eigenvalue weighted by Crippen LogP contribution is -2.30. The van der Waals surface area contributed by atoms with Crippen molar-refractivity contribution in [3.63, 3.8) is 0 Å². The Hall–Kier alpha value is -1.39. The van der Waals surface area contributed by atoms with Crippen LogP contribution in [0.5, 0.6) is 0 Å². The average Bonchev–Trinajstić information content (AvgIpc) is 2.37. The van der Waals surface area contributed by atoms with Crippen LogP contribution in [-0.2, 0) is 9.59 Å². The number of amides is 2. The van der Waals surface area contributed by atoms with E-state index in [2.05, 4.69) is 15.8 Å². The van der Waals surface area contributed by atoms with E-state index < -0.39 is 0 Å². The molecule has 1 fully saturated rings. The molecular weight excluding hydrogens is 230 g/mol. The summed E-state index contributed by atoms with van der Waals surface area (Å²) in [4.78, 5) is 23.1. The largest absolute Gasteiger partial charge is 0.356 e. The number of hydrogen-bond acceptors (Lipinski definition) is 3. The Morgan fingerprint density at radius 1 is 1.22 bits per heavy atom. The van der Waals surface area contributed by atoms with Gasteiger partial charge in [-0.1, -0.05) is 19.3 Å². The van der Waals surface area contributed by atoms with Crippen molar-refractivity contribution in [3.8, 4) is 0 Å². The summed E-state index contributed by atoms with van der Waals surface area (Å²) in [7, 11) is 0. The van der Waals surface area contributed by atoms with Crippen molar-refractivity contribution in [1.82, 2.24) is 10.7 Å². The summed E-state index contributed by atoms with van der Waals surface area (Å²) in [5.41, 5.74) is 3.20. The van der Waals surface area contributed by atoms with E-state index in [0.29, 0.717) is 12.3 Å². The highest BCUT2D eigenvalue weighted by atomic mass is 16.2. The number of hydrazone groups is 1. The Kier molecular flexibility index (Phi) is 6.39. The van der Waals surface area contributed by atoms with Gasteiger partial charge < -0.3 is 5.32 Å². The molecule has 0 aromatic heterocycles. The van der Waals surface area contributed by atoms with Gasteiger partial charge in [-0.15, -0.1) is 0 Å². The summed E-state index contributed by atoms with van der Waals surface area (Å²) >= 11 is 0. The van der Waals surface area contributed by atoms with E-state index in [1.54, 1.807) is 6.92 Å². The van der Waals surface area contributed by atoms with Crippen LogP contribution in [0.1, 0.15) is 52.4 Å². The molecule has 1 saturated carbocycles. The first-order valence-electron chi connectivity index (χ1n) is 6.73. The van der Waals surface area contributed by atoms with Crippen molar-refractivity contribution in [2.45, 2.75) is 52.4 Å². The summed E-state index contributed by atoms with van der Waals surface area (Å²) in [6.45, 7) is 4.23. The summed E-state index contributed by atoms with van der Waals surface area (Å²) in [6, 6.07) is 0. The molecule has 0 bridgehead atoms. The number of hydrogen-bond donors (Lipinski definition) is 2. The van der Waals surface area contributed by atoms with Gasteiger partial charge in [0.15, 0.2) is 0 Å². The minimum absolute atomic E-state index is 0.00931. The summed E-state index contributed by atoms with van der Waals surface area (Å²) in [6.07, 6.45) is 5.62. The van der Waals surface area contributed by atoms with Crippen LogP contribution in [0.2, 0.25) is 0 Å². The van der Waals surface area contributed by atoms with Gasteiger partial charge in [0.2, 0.25) is 11.8 Å². The summed E-state index contributed by atoms with van der Waals surface area (Å²) in [5.74, 6) is 0.0235. The highest BCUT2D eigenvalue weighted by molar-refractivity contribution is 6.00. The second-order valence-electron chi connectivity index (χ2n) is 4.79. The molecule has 0 spiro atoms. The Morgan fingerprint density at radius 3 is 2.50 bits per heavy atom. The van der Waals surface area contributed by atoms with Crippen molar-refractivity contribution in [2.75, 3.05) is 6.54 Å². The van der Waals surface area contributed by atoms with E-state index >= 15 is 0 Å². The van der Waals surface area contributed by atoms with Gasteiger partial charge in [-0.05, 0) is 26.7 Å². The van der Waals surface area contributed by atoms with Gasteiger partial charge in [0.1, 0.15) is 0 Å². The van der Waals surface area contributed by atoms with Crippen molar-refractivity contribution in [3.05, 3.63) is 0 Å². The maximum absolute atomic E-state index is 11.8. The van der Waals surface area contributed by atoms with Crippen LogP contribution in [0.25, 0.3) is 0 Å². The SMILES string of the molecule is CCNC(=O)C/C(C)=N\NC(=O)C1CCCCC1. The minimum Gasteiger partial charge on any atom is -0.356 e. The Labute approximate surface area is 108 Å². The quantitative estimate of drug-likeness (QED) is 0.577. The van der Waals surface area contributed by atoms with Crippen molar-refractivity contribution >= 4 is 17.5 Å². The normalized spacial score (nSPS) is 17.3. The van der Waals surface area contributed by atoms with Gasteiger partial charge in [0, 0.05) is 18.2 Å². The highest BCUT2D eigenvalue weighted by Crippen LogP contribution is 2.23. The number of carbonyl (C=O) groups excluding carboxylic acids is 2. The van der Waals surface area contributed by atoms with Crippen molar-refractivity contribution in [2.24, 2.45) is 11.0 Å². The molecule has 0 heterocycles. The third-order valence-corrected chi connectivity index (χ3v) is 3.12. The first-order valence-corrected chi connectivity index (χ1v) is 6.73. The predicted molar refractivity (Wildman–Crippen MR) is 71.1 cm³/mol. The number of nitrogens with one attached hydrogen (secondary N) is 2. The standard InChI is InChI=1S/C13H23N3O2/c1-3-14-12(17)9-10(2)15-16-13(18)11-7-5-4-6-8-11/h11H,3-9H2,1-2H3,(H,14,17)(H,16,18)/b15-10-. The Balaban J connectivity index is 2.32. The van der Waals surface area contributed by atoms with Crippen LogP contribution < -0.4 is 10.7 Å². The Bertz CT molecular complexity index is 320. The Morgan fingerprint density at radius 2 is 1.89 bits per heavy atom. The molecule has 0 radical (unpaired) electrons. The molecule has 2 N–H and O–H groups in total. The zero-order valence-electron chi connectivity index (χ0n) is 11.3. The lowest BCUT2D eigenvalue weighted by molar-refractivity contribution is -0.126. The molecule has 102 valence electrons. The van der Waals surface area contributed by atoms with E-state index in [-0.39, 0.29) is 24.2 Å². The van der Waals surface area contributed by atoms with Gasteiger partial charge >= 0.3 is 0 Å². The molecule has 5 nitrogen and oxygen atoms in total. The number of nitrogens with zero attached hydrogens (tertiary/aromatic N) is 1. The van der Waals surface area contributed by atoms with Crippen LogP contribution in [-0.4, -0.2) is 24.1 Å². The van der Waals surface area contributed by atoms with E-state index in [9.17, 15) is 9.59 Å². The van der Waals surface area contributed by atoms with Crippen LogP contribution in [0.4, 0.5) is 0 Å². The monoisotopic (exact) mass is 253 g/mol. The lowest BCUT2D eigenvalue weighted by Gasteiger charge is -2.19. The van der Waals surface area contributed by atoms with Gasteiger partial charge in [-0.25, -0.2) is 5.43 Å². The maximum atomic E-state index is 11.8. The molecular formula is C13H23N3O2. The molecule has 18 heavy (non-hydrogen) atoms. The fourth-order valence-electron chi connectivity index (χ4n) is 2.14. The zero-order chi connectivity index (χ0) is 13.4. The molecule has 0 aromatic rings. The number of rotatable bonds is 5. The second kappa shape index (κ2) is 7.84. The smallest absolute Gasteiger partial charge is 0.243 e. The molecule has 5 heteroatoms. The zero-order valence-corrected chi connectivity index (χ0v) is 11.3. The van der Waals surface area contributed by atoms with Crippen LogP contribution in [0.3, 0.4) is 0 Å². The second-order valence-corrected chi connectivity index (χ2v) is 4.79. The first kappa shape index (κ1) is 14.7. The lowest BCUT2D eigenvalue weighted by atomic mass is 9.89. The van der Waals surface area contributed by atoms with Gasteiger partial charge in [-0.2, -0.15) is 5.10 Å². The molecule has 1 rings (SSSR count). The molecule has 2 amide bonds. The third kappa shape index (κ3) is 5.29. The molecule has 0 unspecified atom stereocenters. The van der Waals surface area contributed by atoms with Crippen LogP contribution >= 0.6 is 0 Å². The topological polar surface area (TPSA) is 70.6 Å². The van der Waals surface area contributed by atoms with Gasteiger partial charge in [0.25, 0.3) is 0 Å². The summed E-state index contributed by atoms with van der Waals surface area (Å²) in [5, 5.41) is 6.67. The molecule has 1 aliphatic carbocycles. The van der Waals surface area contributed by atoms with E-state index in [1.165, 1.54) is 6.42 Å². The number of carbonyl (C=O) groups is 2. The van der Waals surface area contributed by atoms with E-state index in [1.807, 2.05) is 6.92 Å². The maximum Gasteiger partial charge on any atom is 0.243 e. The third-order valence-electron chi connectivity index (χ3n) is 3.12. The fraction of sp³-hybridized carbons (Fsp3) is 0.769. The fourth-order valence-corrected chi connectivity index (χ4v) is 2.14. The van der Waals surface area contributed by atoms with Crippen LogP contribution in [0, 0.1) is 5.92 Å². The molecule has 0 aliphatic heterocycles. The molecule has 0 atom stereocenters. The van der Waals surface area contributed by atoms with Crippen LogP contribution in [0.15, 0.2) is 5.10 Å². The molecule has 0 saturated heterocycles. The first-order chi connectivity index (χ1) is 8.63. The van der Waals surface area contributed by atoms with E-state index in [4.69, 9.17) is 0 Å². The predicted octanol–water partition coefficient (Wildman–Crippen LogP) is 1.58. The van der Waals surface area contributed by atoms with Crippen molar-refractivity contribution < 1.29 is 9.59 Å². The van der Waals surface area contributed by atoms with Crippen molar-refractivity contribution in [1.29, 1.82) is 0 Å². The van der Waals surface area contributed by atoms with Gasteiger partial charge in [0.05, 0.1) is 6.42 Å². The van der Waals surface area contributed by atoms with E-state index in [0.717, 1.165) is 25.7 Å². The minimum atomic E-state index is -0.0642. The molecule has 1 aliphatic rings. The molecule has 0 aromatic carbocycles. The summed E-state index contributed by atoms with van der Waals surface area (Å²) < 4.78 is 0. The van der Waals surface area contributed by atoms with Gasteiger partial charge in [-0.3, -0.25) is 9.59 Å². The highest BCUT2D eigenvalue weighted by Gasteiger charge is 2.20.